The highest BCUT2D eigenvalue weighted by atomic mass is 32.2. The molecule has 8 heteroatoms. The summed E-state index contributed by atoms with van der Waals surface area (Å²) in [5.41, 5.74) is 0. The number of nitrogens with zero attached hydrogens (tertiary/aromatic N) is 1. The molecule has 0 radical (unpaired) electrons. The second kappa shape index (κ2) is 3.26. The van der Waals surface area contributed by atoms with Crippen molar-refractivity contribution in [2.45, 2.75) is 6.42 Å². The molecular weight excluding hydrogens is 199 g/mol. The van der Waals surface area contributed by atoms with Gasteiger partial charge in [0.1, 0.15) is 0 Å². The molecule has 0 aromatic carbocycles. The van der Waals surface area contributed by atoms with Gasteiger partial charge >= 0.3 is 7.91 Å². The third-order valence-electron chi connectivity index (χ3n) is 1.11. The smallest absolute Gasteiger partial charge is 0.278 e. The lowest BCUT2D eigenvalue weighted by molar-refractivity contribution is 0.271. The first-order valence-corrected chi connectivity index (χ1v) is 5.31. The molecule has 0 N–H and O–H groups in total. The van der Waals surface area contributed by atoms with Gasteiger partial charge in [0.15, 0.2) is 0 Å². The van der Waals surface area contributed by atoms with Crippen molar-refractivity contribution < 1.29 is 21.4 Å². The molecule has 0 aromatic rings. The van der Waals surface area contributed by atoms with Gasteiger partial charge in [-0.1, -0.05) is 4.08 Å². The zero-order valence-electron chi connectivity index (χ0n) is 5.40. The first-order chi connectivity index (χ1) is 5.02. The summed E-state index contributed by atoms with van der Waals surface area (Å²) in [7, 11) is -5.39. The maximum atomic E-state index is 12.1. The van der Waals surface area contributed by atoms with Crippen molar-refractivity contribution in [2.24, 2.45) is 0 Å². The van der Waals surface area contributed by atoms with Crippen LogP contribution in [0.2, 0.25) is 0 Å². The van der Waals surface area contributed by atoms with Crippen LogP contribution in [0.1, 0.15) is 6.42 Å². The van der Waals surface area contributed by atoms with Crippen molar-refractivity contribution in [3.05, 3.63) is 0 Å². The van der Waals surface area contributed by atoms with Gasteiger partial charge in [0.25, 0.3) is 0 Å². The molecule has 0 bridgehead atoms. The van der Waals surface area contributed by atoms with E-state index in [1.807, 2.05) is 0 Å². The van der Waals surface area contributed by atoms with E-state index < -0.39 is 19.2 Å². The quantitative estimate of drug-likeness (QED) is 0.606. The van der Waals surface area contributed by atoms with Crippen LogP contribution in [-0.4, -0.2) is 21.4 Å². The van der Waals surface area contributed by atoms with Gasteiger partial charge in [-0.2, -0.15) is 0 Å². The molecule has 1 rings (SSSR count). The maximum Gasteiger partial charge on any atom is 0.496 e. The van der Waals surface area contributed by atoms with Gasteiger partial charge in [-0.3, -0.25) is 4.18 Å². The summed E-state index contributed by atoms with van der Waals surface area (Å²) in [5, 5.41) is 0. The topological polar surface area (TPSA) is 46.6 Å². The highest BCUT2D eigenvalue weighted by molar-refractivity contribution is 7.84. The average Bonchev–Trinajstić information content (AvgIpc) is 1.86. The summed E-state index contributed by atoms with van der Waals surface area (Å²) in [4.78, 5) is 0. The Morgan fingerprint density at radius 1 is 1.55 bits per heavy atom. The molecule has 1 saturated heterocycles. The molecule has 0 aliphatic carbocycles. The van der Waals surface area contributed by atoms with E-state index in [-0.39, 0.29) is 17.2 Å². The molecule has 0 spiro atoms. The molecule has 1 unspecified atom stereocenters. The van der Waals surface area contributed by atoms with E-state index >= 15 is 0 Å². The summed E-state index contributed by atoms with van der Waals surface area (Å²) in [5.74, 6) is 0. The predicted octanol–water partition coefficient (Wildman–Crippen LogP) is 1.33. The van der Waals surface area contributed by atoms with Crippen LogP contribution in [0, 0.1) is 0 Å². The second-order valence-electron chi connectivity index (χ2n) is 1.90. The monoisotopic (exact) mass is 205 g/mol. The Morgan fingerprint density at radius 3 is 2.55 bits per heavy atom. The Balaban J connectivity index is 2.70. The summed E-state index contributed by atoms with van der Waals surface area (Å²) >= 11 is -2.23. The molecule has 1 heterocycles. The molecule has 1 aliphatic rings. The zero-order chi connectivity index (χ0) is 8.48. The van der Waals surface area contributed by atoms with E-state index in [0.717, 1.165) is 0 Å². The maximum absolute atomic E-state index is 12.1. The minimum atomic E-state index is -5.39. The van der Waals surface area contributed by atoms with Crippen molar-refractivity contribution in [2.75, 3.05) is 13.2 Å². The number of hydrogen-bond acceptors (Lipinski definition) is 3. The van der Waals surface area contributed by atoms with Crippen molar-refractivity contribution in [1.82, 2.24) is 4.08 Å². The molecule has 0 saturated carbocycles. The molecule has 66 valence electrons. The van der Waals surface area contributed by atoms with Crippen LogP contribution in [0.15, 0.2) is 0 Å². The van der Waals surface area contributed by atoms with E-state index in [0.29, 0.717) is 6.42 Å². The van der Waals surface area contributed by atoms with Crippen LogP contribution in [0.5, 0.6) is 0 Å². The lowest BCUT2D eigenvalue weighted by Gasteiger charge is -2.21. The summed E-state index contributed by atoms with van der Waals surface area (Å²) in [6, 6.07) is 0. The van der Waals surface area contributed by atoms with Crippen LogP contribution in [-0.2, 0) is 20.0 Å². The van der Waals surface area contributed by atoms with Crippen LogP contribution in [0.3, 0.4) is 0 Å². The van der Waals surface area contributed by atoms with Crippen molar-refractivity contribution in [3.63, 3.8) is 0 Å². The molecule has 1 atom stereocenters. The summed E-state index contributed by atoms with van der Waals surface area (Å²) < 4.78 is 49.3. The fraction of sp³-hybridized carbons (Fsp3) is 1.00. The van der Waals surface area contributed by atoms with Crippen molar-refractivity contribution in [1.29, 1.82) is 0 Å². The summed E-state index contributed by atoms with van der Waals surface area (Å²) in [6.07, 6.45) is 0.323. The van der Waals surface area contributed by atoms with Gasteiger partial charge in [0, 0.05) is 6.54 Å². The molecule has 1 fully saturated rings. The molecular formula is C3H6F2NO3PS. The van der Waals surface area contributed by atoms with E-state index in [1.54, 1.807) is 0 Å². The largest absolute Gasteiger partial charge is 0.496 e. The summed E-state index contributed by atoms with van der Waals surface area (Å²) in [6.45, 7) is 0.0278. The van der Waals surface area contributed by atoms with Gasteiger partial charge in [-0.25, -0.2) is 8.77 Å². The first-order valence-electron chi connectivity index (χ1n) is 2.84. The molecule has 11 heavy (non-hydrogen) atoms. The Morgan fingerprint density at radius 2 is 2.18 bits per heavy atom. The normalized spacial score (nSPS) is 28.7. The van der Waals surface area contributed by atoms with E-state index in [2.05, 4.69) is 4.18 Å². The van der Waals surface area contributed by atoms with Crippen LogP contribution in [0.4, 0.5) is 8.39 Å². The Labute approximate surface area is 65.0 Å². The fourth-order valence-electron chi connectivity index (χ4n) is 0.659. The molecule has 1 aliphatic heterocycles. The van der Waals surface area contributed by atoms with Crippen LogP contribution < -0.4 is 0 Å². The van der Waals surface area contributed by atoms with Crippen LogP contribution in [0.25, 0.3) is 0 Å². The molecule has 4 nitrogen and oxygen atoms in total. The Bertz CT molecular complexity index is 219. The fourth-order valence-corrected chi connectivity index (χ4v) is 2.46. The Hall–Kier alpha value is 0.160. The molecule has 0 aromatic heterocycles. The number of hydrogen-bond donors (Lipinski definition) is 0. The predicted molar refractivity (Wildman–Crippen MR) is 35.2 cm³/mol. The minimum absolute atomic E-state index is 0.0938. The zero-order valence-corrected chi connectivity index (χ0v) is 7.12. The number of halogens is 2. The highest BCUT2D eigenvalue weighted by Gasteiger charge is 2.37. The third kappa shape index (κ3) is 2.30. The third-order valence-corrected chi connectivity index (χ3v) is 3.69. The van der Waals surface area contributed by atoms with E-state index in [4.69, 9.17) is 0 Å². The van der Waals surface area contributed by atoms with Gasteiger partial charge in [-0.15, -0.1) is 8.39 Å². The highest BCUT2D eigenvalue weighted by Crippen LogP contribution is 2.54. The lowest BCUT2D eigenvalue weighted by Crippen LogP contribution is -2.29. The standard InChI is InChI=1S/C3H6F2NO3PS/c4-10(5,7)6-2-1-3-9-11(6)8/h1-3H2. The lowest BCUT2D eigenvalue weighted by atomic mass is 10.5. The van der Waals surface area contributed by atoms with E-state index in [1.165, 1.54) is 0 Å². The number of rotatable bonds is 1. The minimum Gasteiger partial charge on any atom is -0.278 e. The van der Waals surface area contributed by atoms with Gasteiger partial charge < -0.3 is 0 Å². The second-order valence-corrected chi connectivity index (χ2v) is 4.64. The van der Waals surface area contributed by atoms with Crippen molar-refractivity contribution >= 4 is 19.2 Å². The van der Waals surface area contributed by atoms with E-state index in [9.17, 15) is 17.2 Å². The van der Waals surface area contributed by atoms with Crippen molar-refractivity contribution in [3.8, 4) is 0 Å². The van der Waals surface area contributed by atoms with Gasteiger partial charge in [0.2, 0.25) is 11.3 Å². The average molecular weight is 205 g/mol. The van der Waals surface area contributed by atoms with Crippen LogP contribution >= 0.6 is 7.91 Å². The first kappa shape index (κ1) is 9.25. The Kier molecular flexibility index (Phi) is 2.74. The van der Waals surface area contributed by atoms with Gasteiger partial charge in [-0.05, 0) is 6.42 Å². The SMILES string of the molecule is O=S1OCCCN1P(=O)(F)F. The molecule has 0 amide bonds. The van der Waals surface area contributed by atoms with Gasteiger partial charge in [0.05, 0.1) is 6.61 Å².